The highest BCUT2D eigenvalue weighted by Gasteiger charge is 2.32. The first kappa shape index (κ1) is 12.6. The summed E-state index contributed by atoms with van der Waals surface area (Å²) in [6.45, 7) is 1.90. The summed E-state index contributed by atoms with van der Waals surface area (Å²) in [5.74, 6) is 0.886. The second-order valence-corrected chi connectivity index (χ2v) is 7.84. The zero-order valence-corrected chi connectivity index (χ0v) is 12.0. The van der Waals surface area contributed by atoms with E-state index in [1.165, 1.54) is 11.3 Å². The average Bonchev–Trinajstić information content (AvgIpc) is 3.03. The number of anilines is 1. The van der Waals surface area contributed by atoms with Gasteiger partial charge in [0.15, 0.2) is 9.84 Å². The van der Waals surface area contributed by atoms with E-state index < -0.39 is 9.84 Å². The number of hydrogen-bond donors (Lipinski definition) is 1. The van der Waals surface area contributed by atoms with Gasteiger partial charge in [-0.25, -0.2) is 13.1 Å². The molecule has 0 amide bonds. The number of aromatic nitrogens is 3. The third-order valence-corrected chi connectivity index (χ3v) is 5.94. The molecule has 0 bridgehead atoms. The summed E-state index contributed by atoms with van der Waals surface area (Å²) < 4.78 is 24.8. The zero-order valence-electron chi connectivity index (χ0n) is 10.4. The Kier molecular flexibility index (Phi) is 2.86. The number of hydrogen-bond acceptors (Lipinski definition) is 6. The highest BCUT2D eigenvalue weighted by Crippen LogP contribution is 2.33. The summed E-state index contributed by atoms with van der Waals surface area (Å²) in [6, 6.07) is -0.148. The van der Waals surface area contributed by atoms with Crippen molar-refractivity contribution in [3.05, 3.63) is 17.3 Å². The first-order chi connectivity index (χ1) is 8.98. The van der Waals surface area contributed by atoms with E-state index in [0.29, 0.717) is 12.2 Å². The van der Waals surface area contributed by atoms with Crippen molar-refractivity contribution < 1.29 is 8.42 Å². The van der Waals surface area contributed by atoms with Crippen LogP contribution in [-0.2, 0) is 9.84 Å². The van der Waals surface area contributed by atoms with Gasteiger partial charge in [-0.15, -0.1) is 11.3 Å². The number of thiazole rings is 1. The predicted octanol–water partition coefficient (Wildman–Crippen LogP) is 1.26. The van der Waals surface area contributed by atoms with Gasteiger partial charge in [0.05, 0.1) is 27.9 Å². The highest BCUT2D eigenvalue weighted by molar-refractivity contribution is 7.91. The van der Waals surface area contributed by atoms with Crippen molar-refractivity contribution in [3.63, 3.8) is 0 Å². The molecule has 0 saturated carbocycles. The molecule has 1 saturated heterocycles. The van der Waals surface area contributed by atoms with Crippen LogP contribution in [0.5, 0.6) is 0 Å². The minimum absolute atomic E-state index is 0.125. The predicted molar refractivity (Wildman–Crippen MR) is 74.8 cm³/mol. The van der Waals surface area contributed by atoms with E-state index in [4.69, 9.17) is 5.73 Å². The maximum Gasteiger partial charge on any atom is 0.152 e. The summed E-state index contributed by atoms with van der Waals surface area (Å²) >= 11 is 1.49. The molecule has 8 heteroatoms. The highest BCUT2D eigenvalue weighted by atomic mass is 32.2. The van der Waals surface area contributed by atoms with E-state index in [1.54, 1.807) is 16.4 Å². The van der Waals surface area contributed by atoms with Gasteiger partial charge < -0.3 is 5.73 Å². The Hall–Kier alpha value is -1.41. The lowest BCUT2D eigenvalue weighted by atomic mass is 10.2. The molecule has 0 aliphatic carbocycles. The lowest BCUT2D eigenvalue weighted by Gasteiger charge is -2.10. The van der Waals surface area contributed by atoms with Gasteiger partial charge in [0.25, 0.3) is 0 Å². The molecule has 1 aliphatic heterocycles. The summed E-state index contributed by atoms with van der Waals surface area (Å²) in [7, 11) is -2.94. The van der Waals surface area contributed by atoms with E-state index in [2.05, 4.69) is 10.1 Å². The fourth-order valence-electron chi connectivity index (χ4n) is 2.34. The molecule has 2 aromatic rings. The molecule has 1 unspecified atom stereocenters. The van der Waals surface area contributed by atoms with E-state index in [1.807, 2.05) is 6.92 Å². The Bertz CT molecular complexity index is 703. The van der Waals surface area contributed by atoms with Gasteiger partial charge in [0.2, 0.25) is 0 Å². The molecule has 1 fully saturated rings. The molecule has 102 valence electrons. The van der Waals surface area contributed by atoms with E-state index in [-0.39, 0.29) is 17.5 Å². The molecule has 1 aliphatic rings. The van der Waals surface area contributed by atoms with Crippen LogP contribution in [0.15, 0.2) is 11.7 Å². The molecule has 19 heavy (non-hydrogen) atoms. The van der Waals surface area contributed by atoms with Crippen LogP contribution >= 0.6 is 11.3 Å². The second-order valence-electron chi connectivity index (χ2n) is 4.73. The van der Waals surface area contributed by atoms with Crippen molar-refractivity contribution in [1.82, 2.24) is 14.8 Å². The maximum absolute atomic E-state index is 11.6. The Morgan fingerprint density at radius 1 is 1.53 bits per heavy atom. The Labute approximate surface area is 115 Å². The summed E-state index contributed by atoms with van der Waals surface area (Å²) in [4.78, 5) is 4.98. The van der Waals surface area contributed by atoms with Crippen LogP contribution in [0.3, 0.4) is 0 Å². The van der Waals surface area contributed by atoms with Crippen molar-refractivity contribution in [1.29, 1.82) is 0 Å². The smallest absolute Gasteiger partial charge is 0.152 e. The van der Waals surface area contributed by atoms with Crippen LogP contribution in [-0.4, -0.2) is 34.7 Å². The largest absolute Gasteiger partial charge is 0.384 e. The van der Waals surface area contributed by atoms with E-state index >= 15 is 0 Å². The molecule has 1 atom stereocenters. The quantitative estimate of drug-likeness (QED) is 0.901. The standard InChI is InChI=1S/C11H14N4O2S2/c1-7-10(9-4-13-6-18-9)14-15(11(7)12)8-2-3-19(16,17)5-8/h4,6,8H,2-3,5,12H2,1H3. The normalized spacial score (nSPS) is 21.8. The summed E-state index contributed by atoms with van der Waals surface area (Å²) in [5, 5.41) is 4.50. The van der Waals surface area contributed by atoms with Crippen molar-refractivity contribution in [3.8, 4) is 10.6 Å². The summed E-state index contributed by atoms with van der Waals surface area (Å²) in [6.07, 6.45) is 2.32. The van der Waals surface area contributed by atoms with Crippen molar-refractivity contribution in [2.75, 3.05) is 17.2 Å². The fraction of sp³-hybridized carbons (Fsp3) is 0.455. The Morgan fingerprint density at radius 2 is 2.32 bits per heavy atom. The molecular formula is C11H14N4O2S2. The first-order valence-electron chi connectivity index (χ1n) is 5.92. The monoisotopic (exact) mass is 298 g/mol. The molecule has 0 aromatic carbocycles. The Balaban J connectivity index is 2.03. The van der Waals surface area contributed by atoms with Gasteiger partial charge in [0.1, 0.15) is 11.5 Å². The van der Waals surface area contributed by atoms with Crippen LogP contribution < -0.4 is 5.73 Å². The van der Waals surface area contributed by atoms with Gasteiger partial charge in [-0.2, -0.15) is 5.10 Å². The maximum atomic E-state index is 11.6. The first-order valence-corrected chi connectivity index (χ1v) is 8.62. The van der Waals surface area contributed by atoms with Crippen LogP contribution in [0.2, 0.25) is 0 Å². The van der Waals surface area contributed by atoms with Gasteiger partial charge in [-0.3, -0.25) is 4.98 Å². The van der Waals surface area contributed by atoms with Gasteiger partial charge >= 0.3 is 0 Å². The van der Waals surface area contributed by atoms with Crippen molar-refractivity contribution >= 4 is 27.0 Å². The Morgan fingerprint density at radius 3 is 2.89 bits per heavy atom. The number of nitrogens with two attached hydrogens (primary N) is 1. The van der Waals surface area contributed by atoms with Gasteiger partial charge in [0, 0.05) is 11.8 Å². The minimum atomic E-state index is -2.94. The number of rotatable bonds is 2. The van der Waals surface area contributed by atoms with Crippen LogP contribution in [0.4, 0.5) is 5.82 Å². The lowest BCUT2D eigenvalue weighted by Crippen LogP contribution is -2.14. The molecule has 0 radical (unpaired) electrons. The number of nitrogen functional groups attached to an aromatic ring is 1. The van der Waals surface area contributed by atoms with Gasteiger partial charge in [-0.05, 0) is 13.3 Å². The summed E-state index contributed by atoms with van der Waals surface area (Å²) in [5.41, 5.74) is 9.49. The molecule has 0 spiro atoms. The van der Waals surface area contributed by atoms with Crippen molar-refractivity contribution in [2.24, 2.45) is 0 Å². The third-order valence-electron chi connectivity index (χ3n) is 3.41. The molecule has 2 N–H and O–H groups in total. The van der Waals surface area contributed by atoms with Gasteiger partial charge in [-0.1, -0.05) is 0 Å². The number of sulfone groups is 1. The molecular weight excluding hydrogens is 284 g/mol. The van der Waals surface area contributed by atoms with E-state index in [9.17, 15) is 8.42 Å². The van der Waals surface area contributed by atoms with E-state index in [0.717, 1.165) is 16.1 Å². The fourth-order valence-corrected chi connectivity index (χ4v) is 4.70. The second kappa shape index (κ2) is 4.31. The average molecular weight is 298 g/mol. The number of nitrogens with zero attached hydrogens (tertiary/aromatic N) is 3. The zero-order chi connectivity index (χ0) is 13.6. The molecule has 2 aromatic heterocycles. The van der Waals surface area contributed by atoms with Crippen LogP contribution in [0.25, 0.3) is 10.6 Å². The molecule has 3 heterocycles. The lowest BCUT2D eigenvalue weighted by molar-refractivity contribution is 0.508. The van der Waals surface area contributed by atoms with Crippen LogP contribution in [0, 0.1) is 6.92 Å². The van der Waals surface area contributed by atoms with Crippen LogP contribution in [0.1, 0.15) is 18.0 Å². The van der Waals surface area contributed by atoms with Crippen molar-refractivity contribution in [2.45, 2.75) is 19.4 Å². The topological polar surface area (TPSA) is 90.9 Å². The minimum Gasteiger partial charge on any atom is -0.384 e. The SMILES string of the molecule is Cc1c(-c2cncs2)nn(C2CCS(=O)(=O)C2)c1N. The molecule has 6 nitrogen and oxygen atoms in total. The third kappa shape index (κ3) is 2.14. The molecule has 3 rings (SSSR count).